The predicted octanol–water partition coefficient (Wildman–Crippen LogP) is 1.92. The molecule has 2 heterocycles. The standard InChI is InChI=1S/C16H16N2O5/c1-3-21-16(20)9(2)17-15(19)13-11-8-22-12-7-5-4-6-10(12)14(11)23-18-13/h4-7,9H,3,8H2,1-2H3,(H,17,19)/t9-/m0/s1. The fraction of sp³-hybridized carbons (Fsp3) is 0.312. The molecular weight excluding hydrogens is 300 g/mol. The maximum atomic E-state index is 12.3. The van der Waals surface area contributed by atoms with Crippen molar-refractivity contribution in [2.24, 2.45) is 0 Å². The summed E-state index contributed by atoms with van der Waals surface area (Å²) < 4.78 is 15.8. The molecule has 23 heavy (non-hydrogen) atoms. The third-order valence-electron chi connectivity index (χ3n) is 3.49. The second-order valence-corrected chi connectivity index (χ2v) is 5.07. The molecule has 1 aromatic heterocycles. The van der Waals surface area contributed by atoms with Crippen LogP contribution >= 0.6 is 0 Å². The van der Waals surface area contributed by atoms with Crippen molar-refractivity contribution >= 4 is 11.9 Å². The van der Waals surface area contributed by atoms with Crippen molar-refractivity contribution in [3.8, 4) is 17.1 Å². The number of carbonyl (C=O) groups excluding carboxylic acids is 2. The quantitative estimate of drug-likeness (QED) is 0.867. The lowest BCUT2D eigenvalue weighted by atomic mass is 10.0. The lowest BCUT2D eigenvalue weighted by molar-refractivity contribution is -0.144. The van der Waals surface area contributed by atoms with Crippen LogP contribution in [-0.2, 0) is 16.1 Å². The largest absolute Gasteiger partial charge is 0.488 e. The molecule has 3 rings (SSSR count). The molecule has 1 aliphatic rings. The molecule has 1 aliphatic heterocycles. The molecule has 0 saturated heterocycles. The number of para-hydroxylation sites is 1. The zero-order valence-electron chi connectivity index (χ0n) is 12.8. The number of carbonyl (C=O) groups is 2. The minimum absolute atomic E-state index is 0.116. The van der Waals surface area contributed by atoms with E-state index < -0.39 is 17.9 Å². The van der Waals surface area contributed by atoms with Gasteiger partial charge < -0.3 is 19.3 Å². The number of hydrogen-bond donors (Lipinski definition) is 1. The Hall–Kier alpha value is -2.83. The molecule has 120 valence electrons. The lowest BCUT2D eigenvalue weighted by Gasteiger charge is -2.16. The highest BCUT2D eigenvalue weighted by Crippen LogP contribution is 2.38. The van der Waals surface area contributed by atoms with E-state index in [4.69, 9.17) is 14.0 Å². The highest BCUT2D eigenvalue weighted by molar-refractivity contribution is 5.97. The van der Waals surface area contributed by atoms with Gasteiger partial charge in [0.1, 0.15) is 18.4 Å². The van der Waals surface area contributed by atoms with Crippen LogP contribution in [0.25, 0.3) is 11.3 Å². The average Bonchev–Trinajstić information content (AvgIpc) is 2.99. The number of hydrogen-bond acceptors (Lipinski definition) is 6. The number of aromatic nitrogens is 1. The van der Waals surface area contributed by atoms with E-state index in [1.54, 1.807) is 13.8 Å². The highest BCUT2D eigenvalue weighted by atomic mass is 16.5. The molecule has 1 amide bonds. The first kappa shape index (κ1) is 15.1. The summed E-state index contributed by atoms with van der Waals surface area (Å²) in [5.74, 6) is 0.196. The number of nitrogens with one attached hydrogen (secondary N) is 1. The van der Waals surface area contributed by atoms with Gasteiger partial charge in [0.05, 0.1) is 17.7 Å². The zero-order chi connectivity index (χ0) is 16.4. The maximum Gasteiger partial charge on any atom is 0.328 e. The van der Waals surface area contributed by atoms with Gasteiger partial charge in [0.2, 0.25) is 0 Å². The van der Waals surface area contributed by atoms with Crippen LogP contribution in [0.2, 0.25) is 0 Å². The SMILES string of the molecule is CCOC(=O)[C@H](C)NC(=O)c1noc2c1COc1ccccc1-2. The van der Waals surface area contributed by atoms with E-state index in [1.807, 2.05) is 24.3 Å². The third-order valence-corrected chi connectivity index (χ3v) is 3.49. The molecule has 7 heteroatoms. The summed E-state index contributed by atoms with van der Waals surface area (Å²) in [5.41, 5.74) is 1.43. The summed E-state index contributed by atoms with van der Waals surface area (Å²) in [4.78, 5) is 23.9. The summed E-state index contributed by atoms with van der Waals surface area (Å²) in [5, 5.41) is 6.39. The Balaban J connectivity index is 1.82. The second-order valence-electron chi connectivity index (χ2n) is 5.07. The van der Waals surface area contributed by atoms with E-state index in [9.17, 15) is 9.59 Å². The minimum Gasteiger partial charge on any atom is -0.488 e. The molecule has 2 aromatic rings. The van der Waals surface area contributed by atoms with E-state index in [0.717, 1.165) is 5.56 Å². The Morgan fingerprint density at radius 2 is 2.17 bits per heavy atom. The van der Waals surface area contributed by atoms with Crippen molar-refractivity contribution in [3.63, 3.8) is 0 Å². The van der Waals surface area contributed by atoms with Gasteiger partial charge in [-0.2, -0.15) is 0 Å². The van der Waals surface area contributed by atoms with Crippen LogP contribution in [0.4, 0.5) is 0 Å². The second kappa shape index (κ2) is 6.12. The molecule has 7 nitrogen and oxygen atoms in total. The van der Waals surface area contributed by atoms with Crippen molar-refractivity contribution in [1.29, 1.82) is 0 Å². The predicted molar refractivity (Wildman–Crippen MR) is 79.8 cm³/mol. The fourth-order valence-electron chi connectivity index (χ4n) is 2.35. The molecule has 1 aromatic carbocycles. The van der Waals surface area contributed by atoms with Gasteiger partial charge in [0.25, 0.3) is 5.91 Å². The smallest absolute Gasteiger partial charge is 0.328 e. The third kappa shape index (κ3) is 2.77. The molecule has 1 N–H and O–H groups in total. The number of fused-ring (bicyclic) bond motifs is 3. The Labute approximate surface area is 132 Å². The Morgan fingerprint density at radius 3 is 2.96 bits per heavy atom. The molecular formula is C16H16N2O5. The number of rotatable bonds is 4. The molecule has 0 unspecified atom stereocenters. The van der Waals surface area contributed by atoms with Crippen LogP contribution in [0.5, 0.6) is 5.75 Å². The van der Waals surface area contributed by atoms with Crippen LogP contribution < -0.4 is 10.1 Å². The summed E-state index contributed by atoms with van der Waals surface area (Å²) in [7, 11) is 0. The first-order chi connectivity index (χ1) is 11.1. The van der Waals surface area contributed by atoms with Gasteiger partial charge >= 0.3 is 5.97 Å². The van der Waals surface area contributed by atoms with E-state index in [0.29, 0.717) is 17.1 Å². The van der Waals surface area contributed by atoms with Gasteiger partial charge in [-0.15, -0.1) is 0 Å². The number of esters is 1. The fourth-order valence-corrected chi connectivity index (χ4v) is 2.35. The van der Waals surface area contributed by atoms with Crippen molar-refractivity contribution in [3.05, 3.63) is 35.5 Å². The van der Waals surface area contributed by atoms with Crippen molar-refractivity contribution in [1.82, 2.24) is 10.5 Å². The van der Waals surface area contributed by atoms with E-state index >= 15 is 0 Å². The topological polar surface area (TPSA) is 90.7 Å². The number of amides is 1. The van der Waals surface area contributed by atoms with Crippen LogP contribution in [-0.4, -0.2) is 29.7 Å². The van der Waals surface area contributed by atoms with E-state index in [-0.39, 0.29) is 18.9 Å². The lowest BCUT2D eigenvalue weighted by Crippen LogP contribution is -2.40. The van der Waals surface area contributed by atoms with Crippen molar-refractivity contribution in [2.75, 3.05) is 6.61 Å². The molecule has 1 atom stereocenters. The Bertz CT molecular complexity index is 753. The molecule has 0 saturated carbocycles. The van der Waals surface area contributed by atoms with Gasteiger partial charge in [-0.25, -0.2) is 4.79 Å². The van der Waals surface area contributed by atoms with Crippen LogP contribution in [0.15, 0.2) is 28.8 Å². The number of nitrogens with zero attached hydrogens (tertiary/aromatic N) is 1. The Kier molecular flexibility index (Phi) is 4.01. The first-order valence-corrected chi connectivity index (χ1v) is 7.30. The minimum atomic E-state index is -0.772. The molecule has 0 bridgehead atoms. The summed E-state index contributed by atoms with van der Waals surface area (Å²) >= 11 is 0. The molecule has 0 aliphatic carbocycles. The number of ether oxygens (including phenoxy) is 2. The maximum absolute atomic E-state index is 12.3. The zero-order valence-corrected chi connectivity index (χ0v) is 12.8. The van der Waals surface area contributed by atoms with Gasteiger partial charge in [-0.3, -0.25) is 4.79 Å². The highest BCUT2D eigenvalue weighted by Gasteiger charge is 2.29. The number of benzene rings is 1. The van der Waals surface area contributed by atoms with Crippen LogP contribution in [0, 0.1) is 0 Å². The summed E-state index contributed by atoms with van der Waals surface area (Å²) in [6, 6.07) is 6.59. The van der Waals surface area contributed by atoms with Gasteiger partial charge in [0, 0.05) is 0 Å². The summed E-state index contributed by atoms with van der Waals surface area (Å²) in [6.07, 6.45) is 0. The first-order valence-electron chi connectivity index (χ1n) is 7.30. The molecule has 0 spiro atoms. The molecule has 0 fully saturated rings. The van der Waals surface area contributed by atoms with Crippen LogP contribution in [0.3, 0.4) is 0 Å². The van der Waals surface area contributed by atoms with Gasteiger partial charge in [-0.05, 0) is 26.0 Å². The summed E-state index contributed by atoms with van der Waals surface area (Å²) in [6.45, 7) is 3.69. The monoisotopic (exact) mass is 316 g/mol. The van der Waals surface area contributed by atoms with E-state index in [2.05, 4.69) is 10.5 Å². The van der Waals surface area contributed by atoms with E-state index in [1.165, 1.54) is 0 Å². The molecule has 0 radical (unpaired) electrons. The van der Waals surface area contributed by atoms with Crippen molar-refractivity contribution in [2.45, 2.75) is 26.5 Å². The van der Waals surface area contributed by atoms with Crippen molar-refractivity contribution < 1.29 is 23.6 Å². The Morgan fingerprint density at radius 1 is 1.39 bits per heavy atom. The van der Waals surface area contributed by atoms with Gasteiger partial charge in [0.15, 0.2) is 11.5 Å². The van der Waals surface area contributed by atoms with Gasteiger partial charge in [-0.1, -0.05) is 17.3 Å². The van der Waals surface area contributed by atoms with Crippen LogP contribution in [0.1, 0.15) is 29.9 Å². The normalized spacial score (nSPS) is 13.3. The average molecular weight is 316 g/mol.